The van der Waals surface area contributed by atoms with Crippen LogP contribution in [-0.2, 0) is 4.79 Å². The molecule has 1 heterocycles. The molecule has 0 radical (unpaired) electrons. The fourth-order valence-corrected chi connectivity index (χ4v) is 2.25. The van der Waals surface area contributed by atoms with Crippen LogP contribution in [0.1, 0.15) is 0 Å². The van der Waals surface area contributed by atoms with Gasteiger partial charge in [0.1, 0.15) is 11.8 Å². The van der Waals surface area contributed by atoms with Crippen LogP contribution in [0.5, 0.6) is 5.75 Å². The van der Waals surface area contributed by atoms with Gasteiger partial charge in [-0.15, -0.1) is 0 Å². The van der Waals surface area contributed by atoms with Gasteiger partial charge in [0.05, 0.1) is 13.7 Å². The first-order valence-corrected chi connectivity index (χ1v) is 6.78. The second-order valence-corrected chi connectivity index (χ2v) is 4.79. The van der Waals surface area contributed by atoms with Crippen LogP contribution in [-0.4, -0.2) is 51.7 Å². The second kappa shape index (κ2) is 7.21. The summed E-state index contributed by atoms with van der Waals surface area (Å²) in [6.07, 6.45) is -2.53. The molecule has 7 heteroatoms. The number of carbonyl (C=O) groups is 1. The van der Waals surface area contributed by atoms with Crippen LogP contribution in [0.4, 0.5) is 14.5 Å². The van der Waals surface area contributed by atoms with Gasteiger partial charge in [0, 0.05) is 25.3 Å². The fourth-order valence-electron chi connectivity index (χ4n) is 2.25. The van der Waals surface area contributed by atoms with Crippen molar-refractivity contribution >= 4 is 11.6 Å². The minimum atomic E-state index is -2.53. The van der Waals surface area contributed by atoms with Crippen LogP contribution in [0.3, 0.4) is 0 Å². The topological polar surface area (TPSA) is 53.6 Å². The van der Waals surface area contributed by atoms with Gasteiger partial charge in [-0.2, -0.15) is 0 Å². The summed E-state index contributed by atoms with van der Waals surface area (Å²) in [5.41, 5.74) is 0.976. The minimum Gasteiger partial charge on any atom is -0.497 e. The zero-order chi connectivity index (χ0) is 15.2. The van der Waals surface area contributed by atoms with E-state index in [4.69, 9.17) is 4.74 Å². The third-order valence-corrected chi connectivity index (χ3v) is 3.36. The van der Waals surface area contributed by atoms with Crippen LogP contribution in [0, 0.1) is 0 Å². The predicted molar refractivity (Wildman–Crippen MR) is 76.0 cm³/mol. The average molecular weight is 299 g/mol. The molecule has 1 aromatic rings. The number of nitrogens with zero attached hydrogens (tertiary/aromatic N) is 1. The van der Waals surface area contributed by atoms with Crippen molar-refractivity contribution in [3.05, 3.63) is 24.3 Å². The normalized spacial score (nSPS) is 18.7. The Morgan fingerprint density at radius 2 is 2.19 bits per heavy atom. The maximum atomic E-state index is 12.1. The molecule has 2 rings (SSSR count). The number of hydrogen-bond donors (Lipinski definition) is 2. The predicted octanol–water partition coefficient (Wildman–Crippen LogP) is 0.855. The highest BCUT2D eigenvalue weighted by Gasteiger charge is 2.25. The monoisotopic (exact) mass is 299 g/mol. The molecule has 1 aromatic carbocycles. The van der Waals surface area contributed by atoms with E-state index in [-0.39, 0.29) is 0 Å². The van der Waals surface area contributed by atoms with E-state index in [0.29, 0.717) is 13.1 Å². The van der Waals surface area contributed by atoms with Crippen molar-refractivity contribution in [1.29, 1.82) is 0 Å². The first kappa shape index (κ1) is 15.5. The number of piperazine rings is 1. The van der Waals surface area contributed by atoms with E-state index in [1.165, 1.54) is 0 Å². The number of benzene rings is 1. The number of halogens is 2. The molecule has 0 aromatic heterocycles. The molecule has 1 aliphatic rings. The van der Waals surface area contributed by atoms with Crippen molar-refractivity contribution in [2.24, 2.45) is 0 Å². The number of carbonyl (C=O) groups excluding carboxylic acids is 1. The number of hydrogen-bond acceptors (Lipinski definition) is 4. The van der Waals surface area contributed by atoms with Crippen LogP contribution < -0.4 is 20.3 Å². The summed E-state index contributed by atoms with van der Waals surface area (Å²) < 4.78 is 29.3. The molecule has 1 unspecified atom stereocenters. The van der Waals surface area contributed by atoms with Gasteiger partial charge >= 0.3 is 0 Å². The van der Waals surface area contributed by atoms with Gasteiger partial charge in [-0.1, -0.05) is 0 Å². The van der Waals surface area contributed by atoms with Gasteiger partial charge < -0.3 is 20.3 Å². The molecule has 1 aliphatic heterocycles. The maximum Gasteiger partial charge on any atom is 0.255 e. The fraction of sp³-hybridized carbons (Fsp3) is 0.500. The standard InChI is InChI=1S/C14H19F2N3O2/c1-21-11-4-2-10(3-5-11)19-7-6-17-12(9-19)14(20)18-8-13(15)16/h2-5,12-13,17H,6-9H2,1H3,(H,18,20). The van der Waals surface area contributed by atoms with Gasteiger partial charge in [-0.05, 0) is 24.3 Å². The van der Waals surface area contributed by atoms with E-state index >= 15 is 0 Å². The number of nitrogens with one attached hydrogen (secondary N) is 2. The molecule has 1 amide bonds. The molecular weight excluding hydrogens is 280 g/mol. The van der Waals surface area contributed by atoms with Crippen LogP contribution >= 0.6 is 0 Å². The summed E-state index contributed by atoms with van der Waals surface area (Å²) >= 11 is 0. The molecule has 0 saturated carbocycles. The van der Waals surface area contributed by atoms with Crippen LogP contribution in [0.15, 0.2) is 24.3 Å². The SMILES string of the molecule is COc1ccc(N2CCNC(C(=O)NCC(F)F)C2)cc1. The molecule has 2 N–H and O–H groups in total. The van der Waals surface area contributed by atoms with E-state index in [1.54, 1.807) is 7.11 Å². The molecule has 1 atom stereocenters. The number of anilines is 1. The largest absolute Gasteiger partial charge is 0.497 e. The number of rotatable bonds is 5. The van der Waals surface area contributed by atoms with E-state index in [0.717, 1.165) is 18.0 Å². The highest BCUT2D eigenvalue weighted by molar-refractivity contribution is 5.82. The maximum absolute atomic E-state index is 12.1. The van der Waals surface area contributed by atoms with Gasteiger partial charge in [-0.3, -0.25) is 4.79 Å². The molecule has 116 valence electrons. The van der Waals surface area contributed by atoms with E-state index in [2.05, 4.69) is 10.6 Å². The molecule has 5 nitrogen and oxygen atoms in total. The Morgan fingerprint density at radius 3 is 2.81 bits per heavy atom. The van der Waals surface area contributed by atoms with Crippen molar-refractivity contribution < 1.29 is 18.3 Å². The number of methoxy groups -OCH3 is 1. The first-order chi connectivity index (χ1) is 10.1. The molecular formula is C14H19F2N3O2. The molecule has 1 saturated heterocycles. The van der Waals surface area contributed by atoms with Gasteiger partial charge in [0.15, 0.2) is 0 Å². The van der Waals surface area contributed by atoms with Crippen molar-refractivity contribution in [3.8, 4) is 5.75 Å². The van der Waals surface area contributed by atoms with Gasteiger partial charge in [0.2, 0.25) is 5.91 Å². The molecule has 0 spiro atoms. The quantitative estimate of drug-likeness (QED) is 0.846. The summed E-state index contributed by atoms with van der Waals surface area (Å²) in [4.78, 5) is 13.9. The number of amides is 1. The number of ether oxygens (including phenoxy) is 1. The van der Waals surface area contributed by atoms with Crippen molar-refractivity contribution in [2.75, 3.05) is 38.2 Å². The second-order valence-electron chi connectivity index (χ2n) is 4.79. The third kappa shape index (κ3) is 4.29. The lowest BCUT2D eigenvalue weighted by Crippen LogP contribution is -2.57. The summed E-state index contributed by atoms with van der Waals surface area (Å²) in [5, 5.41) is 5.29. The van der Waals surface area contributed by atoms with Gasteiger partial charge in [0.25, 0.3) is 6.43 Å². The Bertz CT molecular complexity index is 468. The summed E-state index contributed by atoms with van der Waals surface area (Å²) in [6.45, 7) is 1.21. The smallest absolute Gasteiger partial charge is 0.255 e. The summed E-state index contributed by atoms with van der Waals surface area (Å²) in [6, 6.07) is 7.04. The Morgan fingerprint density at radius 1 is 1.48 bits per heavy atom. The van der Waals surface area contributed by atoms with E-state index in [1.807, 2.05) is 29.2 Å². The molecule has 0 aliphatic carbocycles. The van der Waals surface area contributed by atoms with Crippen LogP contribution in [0.2, 0.25) is 0 Å². The average Bonchev–Trinajstić information content (AvgIpc) is 2.52. The third-order valence-electron chi connectivity index (χ3n) is 3.36. The minimum absolute atomic E-state index is 0.395. The Kier molecular flexibility index (Phi) is 5.32. The Hall–Kier alpha value is -1.89. The van der Waals surface area contributed by atoms with Gasteiger partial charge in [-0.25, -0.2) is 8.78 Å². The summed E-state index contributed by atoms with van der Waals surface area (Å²) in [7, 11) is 1.60. The Labute approximate surface area is 122 Å². The van der Waals surface area contributed by atoms with E-state index in [9.17, 15) is 13.6 Å². The van der Waals surface area contributed by atoms with Crippen molar-refractivity contribution in [3.63, 3.8) is 0 Å². The molecule has 0 bridgehead atoms. The van der Waals surface area contributed by atoms with E-state index < -0.39 is 24.9 Å². The lowest BCUT2D eigenvalue weighted by Gasteiger charge is -2.34. The van der Waals surface area contributed by atoms with Crippen LogP contribution in [0.25, 0.3) is 0 Å². The number of alkyl halides is 2. The van der Waals surface area contributed by atoms with Crippen molar-refractivity contribution in [1.82, 2.24) is 10.6 Å². The Balaban J connectivity index is 1.94. The molecule has 1 fully saturated rings. The summed E-state index contributed by atoms with van der Waals surface area (Å²) in [5.74, 6) is 0.369. The first-order valence-electron chi connectivity index (χ1n) is 6.78. The zero-order valence-corrected chi connectivity index (χ0v) is 11.8. The molecule has 21 heavy (non-hydrogen) atoms. The lowest BCUT2D eigenvalue weighted by molar-refractivity contribution is -0.123. The zero-order valence-electron chi connectivity index (χ0n) is 11.8. The lowest BCUT2D eigenvalue weighted by atomic mass is 10.1. The highest BCUT2D eigenvalue weighted by atomic mass is 19.3. The highest BCUT2D eigenvalue weighted by Crippen LogP contribution is 2.20. The van der Waals surface area contributed by atoms with Crippen molar-refractivity contribution in [2.45, 2.75) is 12.5 Å².